The molecule has 0 spiro atoms. The maximum Gasteiger partial charge on any atom is 0.316 e. The summed E-state index contributed by atoms with van der Waals surface area (Å²) in [6.07, 6.45) is 8.91. The van der Waals surface area contributed by atoms with Crippen LogP contribution < -0.4 is 19.5 Å². The minimum absolute atomic E-state index is 0.0770. The molecule has 188 valence electrons. The van der Waals surface area contributed by atoms with Gasteiger partial charge in [0, 0.05) is 24.5 Å². The molecular weight excluding hydrogens is 462 g/mol. The lowest BCUT2D eigenvalue weighted by Gasteiger charge is -2.26. The van der Waals surface area contributed by atoms with E-state index in [1.807, 2.05) is 18.2 Å². The fourth-order valence-corrected chi connectivity index (χ4v) is 4.55. The summed E-state index contributed by atoms with van der Waals surface area (Å²) in [6.45, 7) is 3.52. The average Bonchev–Trinajstić information content (AvgIpc) is 2.95. The van der Waals surface area contributed by atoms with Gasteiger partial charge in [-0.1, -0.05) is 54.6 Å². The van der Waals surface area contributed by atoms with Crippen LogP contribution in [0.1, 0.15) is 33.9 Å². The van der Waals surface area contributed by atoms with E-state index in [4.69, 9.17) is 14.2 Å². The molecule has 1 unspecified atom stereocenters. The molecule has 0 saturated carbocycles. The Labute approximate surface area is 218 Å². The van der Waals surface area contributed by atoms with E-state index in [1.165, 1.54) is 16.7 Å². The summed E-state index contributed by atoms with van der Waals surface area (Å²) in [5.41, 5.74) is 7.98. The van der Waals surface area contributed by atoms with Gasteiger partial charge in [-0.15, -0.1) is 0 Å². The predicted molar refractivity (Wildman–Crippen MR) is 146 cm³/mol. The molecule has 0 amide bonds. The Bertz CT molecular complexity index is 1390. The Morgan fingerprint density at radius 2 is 1.73 bits per heavy atom. The lowest BCUT2D eigenvalue weighted by molar-refractivity contribution is 0.283. The molecule has 0 radical (unpaired) electrons. The van der Waals surface area contributed by atoms with E-state index in [0.29, 0.717) is 12.6 Å². The number of nitrogens with zero attached hydrogens (tertiary/aromatic N) is 2. The van der Waals surface area contributed by atoms with Crippen LogP contribution in [0.5, 0.6) is 17.5 Å². The van der Waals surface area contributed by atoms with E-state index in [-0.39, 0.29) is 6.04 Å². The van der Waals surface area contributed by atoms with Gasteiger partial charge in [-0.3, -0.25) is 0 Å². The molecule has 1 N–H and O–H groups in total. The fourth-order valence-electron chi connectivity index (χ4n) is 4.55. The second-order valence-corrected chi connectivity index (χ2v) is 9.05. The van der Waals surface area contributed by atoms with Crippen molar-refractivity contribution in [1.82, 2.24) is 15.3 Å². The van der Waals surface area contributed by atoms with Crippen LogP contribution in [0, 0.1) is 6.92 Å². The highest BCUT2D eigenvalue weighted by Gasteiger charge is 2.21. The van der Waals surface area contributed by atoms with E-state index in [1.54, 1.807) is 26.6 Å². The van der Waals surface area contributed by atoms with Gasteiger partial charge in [0.05, 0.1) is 20.3 Å². The van der Waals surface area contributed by atoms with Crippen molar-refractivity contribution >= 4 is 6.08 Å². The molecule has 1 aliphatic heterocycles. The summed E-state index contributed by atoms with van der Waals surface area (Å²) in [7, 11) is 3.26. The van der Waals surface area contributed by atoms with Gasteiger partial charge < -0.3 is 19.5 Å². The number of nitrogens with one attached hydrogen (secondary N) is 1. The molecule has 3 aromatic carbocycles. The van der Waals surface area contributed by atoms with Crippen molar-refractivity contribution in [1.29, 1.82) is 0 Å². The van der Waals surface area contributed by atoms with Crippen LogP contribution in [-0.4, -0.2) is 30.7 Å². The molecule has 0 aliphatic carbocycles. The van der Waals surface area contributed by atoms with Crippen molar-refractivity contribution in [3.05, 3.63) is 107 Å². The minimum atomic E-state index is 0.0770. The molecular formula is C31H31N3O3. The Morgan fingerprint density at radius 1 is 0.919 bits per heavy atom. The third kappa shape index (κ3) is 5.65. The summed E-state index contributed by atoms with van der Waals surface area (Å²) in [5.74, 6) is 1.52. The van der Waals surface area contributed by atoms with E-state index in [0.717, 1.165) is 46.7 Å². The quantitative estimate of drug-likeness (QED) is 0.327. The number of ether oxygens (including phenoxy) is 3. The first-order chi connectivity index (χ1) is 18.1. The molecule has 0 fully saturated rings. The van der Waals surface area contributed by atoms with Crippen molar-refractivity contribution in [3.8, 4) is 28.6 Å². The molecule has 1 aromatic heterocycles. The summed E-state index contributed by atoms with van der Waals surface area (Å²) in [5, 5.41) is 3.64. The summed E-state index contributed by atoms with van der Waals surface area (Å²) in [4.78, 5) is 8.48. The normalized spacial score (nSPS) is 14.8. The third-order valence-corrected chi connectivity index (χ3v) is 6.65. The minimum Gasteiger partial charge on any atom is -0.493 e. The Hall–Kier alpha value is -4.16. The van der Waals surface area contributed by atoms with Gasteiger partial charge in [0.2, 0.25) is 0 Å². The summed E-state index contributed by atoms with van der Waals surface area (Å²) < 4.78 is 16.9. The first-order valence-corrected chi connectivity index (χ1v) is 12.4. The van der Waals surface area contributed by atoms with Crippen molar-refractivity contribution in [3.63, 3.8) is 0 Å². The van der Waals surface area contributed by atoms with Crippen LogP contribution in [-0.2, 0) is 13.0 Å². The zero-order valence-electron chi connectivity index (χ0n) is 21.4. The predicted octanol–water partition coefficient (Wildman–Crippen LogP) is 5.95. The molecule has 5 rings (SSSR count). The van der Waals surface area contributed by atoms with Crippen LogP contribution in [0.2, 0.25) is 0 Å². The standard InChI is InChI=1S/C31H31N3O3/c1-21-9-10-24(26-18-33-31(36-3)34-19-26)15-23(21)11-12-28-27-17-29(35-2)30(16-25(27)13-14-32-28)37-20-22-7-5-4-6-8-22/h4-12,15-19,28,32H,13-14,20H2,1-3H3/b12-11+. The molecule has 1 aliphatic rings. The van der Waals surface area contributed by atoms with Gasteiger partial charge in [0.1, 0.15) is 6.61 Å². The first kappa shape index (κ1) is 24.5. The van der Waals surface area contributed by atoms with E-state index in [2.05, 4.69) is 76.8 Å². The maximum absolute atomic E-state index is 6.15. The van der Waals surface area contributed by atoms with Crippen LogP contribution in [0.3, 0.4) is 0 Å². The van der Waals surface area contributed by atoms with Gasteiger partial charge in [0.15, 0.2) is 11.5 Å². The van der Waals surface area contributed by atoms with Crippen LogP contribution in [0.25, 0.3) is 17.2 Å². The second kappa shape index (κ2) is 11.3. The zero-order chi connectivity index (χ0) is 25.6. The van der Waals surface area contributed by atoms with Crippen molar-refractivity contribution < 1.29 is 14.2 Å². The second-order valence-electron chi connectivity index (χ2n) is 9.05. The Kier molecular flexibility index (Phi) is 7.47. The SMILES string of the molecule is COc1ncc(-c2ccc(C)c(/C=C/C3NCCc4cc(OCc5ccccc5)c(OC)cc43)c2)cn1. The maximum atomic E-state index is 6.15. The van der Waals surface area contributed by atoms with Crippen LogP contribution in [0.4, 0.5) is 0 Å². The topological polar surface area (TPSA) is 65.5 Å². The van der Waals surface area contributed by atoms with Crippen LogP contribution >= 0.6 is 0 Å². The molecule has 2 heterocycles. The highest BCUT2D eigenvalue weighted by Crippen LogP contribution is 2.36. The monoisotopic (exact) mass is 493 g/mol. The molecule has 0 saturated heterocycles. The van der Waals surface area contributed by atoms with Crippen molar-refractivity contribution in [2.45, 2.75) is 26.0 Å². The highest BCUT2D eigenvalue weighted by atomic mass is 16.5. The number of aromatic nitrogens is 2. The zero-order valence-corrected chi connectivity index (χ0v) is 21.4. The summed E-state index contributed by atoms with van der Waals surface area (Å²) in [6, 6.07) is 21.2. The Balaban J connectivity index is 1.38. The lowest BCUT2D eigenvalue weighted by atomic mass is 9.92. The largest absolute Gasteiger partial charge is 0.493 e. The van der Waals surface area contributed by atoms with E-state index >= 15 is 0 Å². The van der Waals surface area contributed by atoms with Crippen molar-refractivity contribution in [2.75, 3.05) is 20.8 Å². The molecule has 6 nitrogen and oxygen atoms in total. The molecule has 6 heteroatoms. The molecule has 1 atom stereocenters. The number of hydrogen-bond acceptors (Lipinski definition) is 6. The van der Waals surface area contributed by atoms with Gasteiger partial charge in [-0.25, -0.2) is 9.97 Å². The number of fused-ring (bicyclic) bond motifs is 1. The number of hydrogen-bond donors (Lipinski definition) is 1. The third-order valence-electron chi connectivity index (χ3n) is 6.65. The molecule has 4 aromatic rings. The highest BCUT2D eigenvalue weighted by molar-refractivity contribution is 5.68. The number of methoxy groups -OCH3 is 2. The number of aryl methyl sites for hydroxylation is 1. The smallest absolute Gasteiger partial charge is 0.316 e. The average molecular weight is 494 g/mol. The van der Waals surface area contributed by atoms with Crippen LogP contribution in [0.15, 0.2) is 79.1 Å². The summed E-state index contributed by atoms with van der Waals surface area (Å²) >= 11 is 0. The van der Waals surface area contributed by atoms with Gasteiger partial charge in [-0.2, -0.15) is 0 Å². The molecule has 0 bridgehead atoms. The fraction of sp³-hybridized carbons (Fsp3) is 0.226. The number of rotatable bonds is 8. The Morgan fingerprint density at radius 3 is 2.49 bits per heavy atom. The first-order valence-electron chi connectivity index (χ1n) is 12.4. The lowest BCUT2D eigenvalue weighted by Crippen LogP contribution is -2.28. The van der Waals surface area contributed by atoms with Crippen molar-refractivity contribution in [2.24, 2.45) is 0 Å². The number of benzene rings is 3. The van der Waals surface area contributed by atoms with E-state index in [9.17, 15) is 0 Å². The van der Waals surface area contributed by atoms with Gasteiger partial charge >= 0.3 is 6.01 Å². The molecule has 37 heavy (non-hydrogen) atoms. The van der Waals surface area contributed by atoms with E-state index < -0.39 is 0 Å². The van der Waals surface area contributed by atoms with Gasteiger partial charge in [-0.05, 0) is 64.9 Å². The van der Waals surface area contributed by atoms with Gasteiger partial charge in [0.25, 0.3) is 0 Å².